The Labute approximate surface area is 74.8 Å². The van der Waals surface area contributed by atoms with E-state index in [1.165, 1.54) is 12.5 Å². The average Bonchev–Trinajstić information content (AvgIpc) is 2.09. The third kappa shape index (κ3) is 2.40. The first kappa shape index (κ1) is 8.82. The summed E-state index contributed by atoms with van der Waals surface area (Å²) in [6, 6.07) is 0. The van der Waals surface area contributed by atoms with Gasteiger partial charge in [-0.3, -0.25) is 4.79 Å². The number of nitrogens with one attached hydrogen (secondary N) is 1. The normalized spacial score (nSPS) is 8.75. The van der Waals surface area contributed by atoms with Gasteiger partial charge < -0.3 is 4.98 Å². The van der Waals surface area contributed by atoms with Crippen molar-refractivity contribution >= 4 is 11.6 Å². The first-order valence-corrected chi connectivity index (χ1v) is 3.95. The zero-order chi connectivity index (χ0) is 8.81. The number of aromatic amines is 1. The SMILES string of the molecule is O=c1[nH]cncc1C#CCCCl. The van der Waals surface area contributed by atoms with Gasteiger partial charge in [0.05, 0.1) is 6.33 Å². The Morgan fingerprint density at radius 1 is 1.67 bits per heavy atom. The first-order valence-electron chi connectivity index (χ1n) is 3.42. The van der Waals surface area contributed by atoms with Crippen LogP contribution in [0.1, 0.15) is 12.0 Å². The minimum atomic E-state index is -0.216. The molecule has 0 saturated carbocycles. The second kappa shape index (κ2) is 4.58. The maximum absolute atomic E-state index is 11.0. The fraction of sp³-hybridized carbons (Fsp3) is 0.250. The van der Waals surface area contributed by atoms with Gasteiger partial charge in [-0.2, -0.15) is 0 Å². The van der Waals surface area contributed by atoms with Crippen LogP contribution < -0.4 is 5.56 Å². The van der Waals surface area contributed by atoms with E-state index in [1.807, 2.05) is 0 Å². The molecule has 0 bridgehead atoms. The van der Waals surface area contributed by atoms with Crippen molar-refractivity contribution in [2.75, 3.05) is 5.88 Å². The highest BCUT2D eigenvalue weighted by molar-refractivity contribution is 6.18. The quantitative estimate of drug-likeness (QED) is 0.515. The van der Waals surface area contributed by atoms with Crippen molar-refractivity contribution < 1.29 is 0 Å². The lowest BCUT2D eigenvalue weighted by atomic mass is 10.3. The Balaban J connectivity index is 2.85. The summed E-state index contributed by atoms with van der Waals surface area (Å²) in [5.41, 5.74) is 0.162. The molecule has 62 valence electrons. The number of halogens is 1. The number of aromatic nitrogens is 2. The van der Waals surface area contributed by atoms with Crippen LogP contribution in [0.5, 0.6) is 0 Å². The molecule has 12 heavy (non-hydrogen) atoms. The Morgan fingerprint density at radius 2 is 2.50 bits per heavy atom. The number of alkyl halides is 1. The molecule has 1 heterocycles. The van der Waals surface area contributed by atoms with Gasteiger partial charge in [0.2, 0.25) is 0 Å². The summed E-state index contributed by atoms with van der Waals surface area (Å²) < 4.78 is 0. The van der Waals surface area contributed by atoms with Crippen LogP contribution in [0.4, 0.5) is 0 Å². The molecule has 0 unspecified atom stereocenters. The molecule has 0 aliphatic carbocycles. The molecule has 0 fully saturated rings. The molecule has 3 nitrogen and oxygen atoms in total. The Hall–Kier alpha value is -1.27. The molecule has 1 rings (SSSR count). The zero-order valence-electron chi connectivity index (χ0n) is 6.30. The van der Waals surface area contributed by atoms with Crippen LogP contribution in [0.3, 0.4) is 0 Å². The van der Waals surface area contributed by atoms with Gasteiger partial charge in [0.15, 0.2) is 0 Å². The van der Waals surface area contributed by atoms with Crippen molar-refractivity contribution in [1.82, 2.24) is 9.97 Å². The summed E-state index contributed by atoms with van der Waals surface area (Å²) in [7, 11) is 0. The fourth-order valence-electron chi connectivity index (χ4n) is 0.638. The number of H-pyrrole nitrogens is 1. The second-order valence-corrected chi connectivity index (χ2v) is 2.41. The van der Waals surface area contributed by atoms with Crippen LogP contribution in [0.15, 0.2) is 17.3 Å². The fourth-order valence-corrected chi connectivity index (χ4v) is 0.733. The van der Waals surface area contributed by atoms with E-state index in [-0.39, 0.29) is 5.56 Å². The highest BCUT2D eigenvalue weighted by Gasteiger charge is 1.90. The lowest BCUT2D eigenvalue weighted by Gasteiger charge is -1.84. The van der Waals surface area contributed by atoms with E-state index >= 15 is 0 Å². The molecule has 0 saturated heterocycles. The molecule has 1 aromatic rings. The molecule has 4 heteroatoms. The van der Waals surface area contributed by atoms with Gasteiger partial charge in [-0.05, 0) is 0 Å². The van der Waals surface area contributed by atoms with Gasteiger partial charge in [-0.1, -0.05) is 11.8 Å². The number of nitrogens with zero attached hydrogens (tertiary/aromatic N) is 1. The number of rotatable bonds is 1. The van der Waals surface area contributed by atoms with Gasteiger partial charge in [-0.15, -0.1) is 11.6 Å². The largest absolute Gasteiger partial charge is 0.312 e. The van der Waals surface area contributed by atoms with Crippen molar-refractivity contribution in [3.05, 3.63) is 28.4 Å². The maximum atomic E-state index is 11.0. The molecule has 0 amide bonds. The molecular weight excluding hydrogens is 176 g/mol. The second-order valence-electron chi connectivity index (χ2n) is 2.04. The topological polar surface area (TPSA) is 45.8 Å². The molecule has 1 N–H and O–H groups in total. The van der Waals surface area contributed by atoms with Crippen LogP contribution in [0.25, 0.3) is 0 Å². The van der Waals surface area contributed by atoms with E-state index in [1.54, 1.807) is 0 Å². The van der Waals surface area contributed by atoms with Crippen molar-refractivity contribution in [2.45, 2.75) is 6.42 Å². The van der Waals surface area contributed by atoms with E-state index < -0.39 is 0 Å². The van der Waals surface area contributed by atoms with Crippen molar-refractivity contribution in [3.63, 3.8) is 0 Å². The highest BCUT2D eigenvalue weighted by Crippen LogP contribution is 1.84. The molecule has 0 aromatic carbocycles. The van der Waals surface area contributed by atoms with Crippen LogP contribution >= 0.6 is 11.6 Å². The molecule has 0 atom stereocenters. The number of hydrogen-bond donors (Lipinski definition) is 1. The lowest BCUT2D eigenvalue weighted by Crippen LogP contribution is -2.08. The summed E-state index contributed by atoms with van der Waals surface area (Å²) in [6.07, 6.45) is 3.34. The van der Waals surface area contributed by atoms with E-state index in [2.05, 4.69) is 21.8 Å². The summed E-state index contributed by atoms with van der Waals surface area (Å²) in [6.45, 7) is 0. The standard InChI is InChI=1S/C8H7ClN2O/c9-4-2-1-3-7-5-10-6-11-8(7)12/h5-6H,2,4H2,(H,10,11,12). The Kier molecular flexibility index (Phi) is 3.36. The third-order valence-corrected chi connectivity index (χ3v) is 1.35. The third-order valence-electron chi connectivity index (χ3n) is 1.16. The van der Waals surface area contributed by atoms with Crippen molar-refractivity contribution in [2.24, 2.45) is 0 Å². The van der Waals surface area contributed by atoms with Crippen LogP contribution in [0, 0.1) is 11.8 Å². The van der Waals surface area contributed by atoms with Gasteiger partial charge in [0.1, 0.15) is 5.56 Å². The van der Waals surface area contributed by atoms with E-state index in [0.29, 0.717) is 17.9 Å². The van der Waals surface area contributed by atoms with Gasteiger partial charge in [0, 0.05) is 18.5 Å². The van der Waals surface area contributed by atoms with Crippen molar-refractivity contribution in [3.8, 4) is 11.8 Å². The van der Waals surface area contributed by atoms with E-state index in [0.717, 1.165) is 0 Å². The lowest BCUT2D eigenvalue weighted by molar-refractivity contribution is 1.10. The van der Waals surface area contributed by atoms with Gasteiger partial charge in [-0.25, -0.2) is 4.98 Å². The summed E-state index contributed by atoms with van der Waals surface area (Å²) >= 11 is 5.40. The predicted molar refractivity (Wildman–Crippen MR) is 47.1 cm³/mol. The summed E-state index contributed by atoms with van der Waals surface area (Å²) in [4.78, 5) is 17.1. The molecule has 0 aliphatic heterocycles. The summed E-state index contributed by atoms with van der Waals surface area (Å²) in [5.74, 6) is 5.90. The molecule has 0 radical (unpaired) electrons. The predicted octanol–water partition coefficient (Wildman–Crippen LogP) is 0.750. The summed E-state index contributed by atoms with van der Waals surface area (Å²) in [5, 5.41) is 0. The smallest absolute Gasteiger partial charge is 0.266 e. The van der Waals surface area contributed by atoms with Gasteiger partial charge >= 0.3 is 0 Å². The van der Waals surface area contributed by atoms with Crippen LogP contribution in [-0.4, -0.2) is 15.8 Å². The Morgan fingerprint density at radius 3 is 3.17 bits per heavy atom. The van der Waals surface area contributed by atoms with Gasteiger partial charge in [0.25, 0.3) is 5.56 Å². The van der Waals surface area contributed by atoms with E-state index in [9.17, 15) is 4.79 Å². The molecule has 0 aliphatic rings. The first-order chi connectivity index (χ1) is 5.84. The maximum Gasteiger partial charge on any atom is 0.266 e. The van der Waals surface area contributed by atoms with Crippen LogP contribution in [-0.2, 0) is 0 Å². The Bertz CT molecular complexity index is 361. The molecular formula is C8H7ClN2O. The monoisotopic (exact) mass is 182 g/mol. The number of hydrogen-bond acceptors (Lipinski definition) is 2. The molecule has 1 aromatic heterocycles. The van der Waals surface area contributed by atoms with Crippen molar-refractivity contribution in [1.29, 1.82) is 0 Å². The average molecular weight is 183 g/mol. The highest BCUT2D eigenvalue weighted by atomic mass is 35.5. The minimum Gasteiger partial charge on any atom is -0.312 e. The van der Waals surface area contributed by atoms with E-state index in [4.69, 9.17) is 11.6 Å². The zero-order valence-corrected chi connectivity index (χ0v) is 7.06. The molecule has 0 spiro atoms. The van der Waals surface area contributed by atoms with Crippen LogP contribution in [0.2, 0.25) is 0 Å². The minimum absolute atomic E-state index is 0.216.